The van der Waals surface area contributed by atoms with Gasteiger partial charge in [0.25, 0.3) is 0 Å². The second kappa shape index (κ2) is 5.71. The standard InChI is InChI=1S/C19H15NO/c1-14-7-9-15(10-8-14)11-12-18(21)17-6-2-4-16-5-3-13-20-19(16)17/h2-13H,1H3/b12-11+. The van der Waals surface area contributed by atoms with Crippen molar-refractivity contribution < 1.29 is 4.79 Å². The van der Waals surface area contributed by atoms with Crippen LogP contribution in [-0.4, -0.2) is 10.8 Å². The number of benzene rings is 2. The third-order valence-corrected chi connectivity index (χ3v) is 3.40. The molecule has 0 radical (unpaired) electrons. The maximum absolute atomic E-state index is 12.4. The van der Waals surface area contributed by atoms with Gasteiger partial charge in [-0.2, -0.15) is 0 Å². The molecule has 0 aliphatic carbocycles. The van der Waals surface area contributed by atoms with E-state index in [0.717, 1.165) is 16.5 Å². The van der Waals surface area contributed by atoms with Gasteiger partial charge < -0.3 is 0 Å². The number of rotatable bonds is 3. The Kier molecular flexibility index (Phi) is 3.61. The molecule has 0 aliphatic rings. The summed E-state index contributed by atoms with van der Waals surface area (Å²) in [5.41, 5.74) is 3.61. The minimum atomic E-state index is -0.0279. The quantitative estimate of drug-likeness (QED) is 0.521. The van der Waals surface area contributed by atoms with Crippen LogP contribution in [0.25, 0.3) is 17.0 Å². The number of hydrogen-bond donors (Lipinski definition) is 0. The summed E-state index contributed by atoms with van der Waals surface area (Å²) in [6.07, 6.45) is 5.15. The summed E-state index contributed by atoms with van der Waals surface area (Å²) in [5.74, 6) is -0.0279. The zero-order valence-corrected chi connectivity index (χ0v) is 11.8. The molecule has 0 amide bonds. The number of carbonyl (C=O) groups is 1. The van der Waals surface area contributed by atoms with E-state index in [-0.39, 0.29) is 5.78 Å². The van der Waals surface area contributed by atoms with Gasteiger partial charge in [-0.05, 0) is 30.7 Å². The maximum Gasteiger partial charge on any atom is 0.188 e. The van der Waals surface area contributed by atoms with Crippen LogP contribution in [0.4, 0.5) is 0 Å². The lowest BCUT2D eigenvalue weighted by molar-refractivity contribution is 0.104. The minimum Gasteiger partial charge on any atom is -0.289 e. The lowest BCUT2D eigenvalue weighted by atomic mass is 10.0. The predicted octanol–water partition coefficient (Wildman–Crippen LogP) is 4.44. The fourth-order valence-electron chi connectivity index (χ4n) is 2.24. The van der Waals surface area contributed by atoms with E-state index in [0.29, 0.717) is 5.56 Å². The number of hydrogen-bond acceptors (Lipinski definition) is 2. The third-order valence-electron chi connectivity index (χ3n) is 3.40. The van der Waals surface area contributed by atoms with Crippen molar-refractivity contribution in [1.29, 1.82) is 0 Å². The summed E-state index contributed by atoms with van der Waals surface area (Å²) < 4.78 is 0. The topological polar surface area (TPSA) is 30.0 Å². The molecule has 0 N–H and O–H groups in total. The molecule has 0 unspecified atom stereocenters. The molecule has 2 nitrogen and oxygen atoms in total. The molecule has 0 bridgehead atoms. The van der Waals surface area contributed by atoms with Gasteiger partial charge >= 0.3 is 0 Å². The molecule has 21 heavy (non-hydrogen) atoms. The molecular formula is C19H15NO. The van der Waals surface area contributed by atoms with Gasteiger partial charge in [-0.3, -0.25) is 9.78 Å². The first kappa shape index (κ1) is 13.3. The smallest absolute Gasteiger partial charge is 0.188 e. The Labute approximate surface area is 123 Å². The Hall–Kier alpha value is -2.74. The normalized spacial score (nSPS) is 11.1. The lowest BCUT2D eigenvalue weighted by Gasteiger charge is -2.01. The van der Waals surface area contributed by atoms with Crippen LogP contribution in [0.1, 0.15) is 21.5 Å². The highest BCUT2D eigenvalue weighted by Gasteiger charge is 2.07. The number of ketones is 1. The molecule has 2 heteroatoms. The SMILES string of the molecule is Cc1ccc(/C=C/C(=O)c2cccc3cccnc23)cc1. The number of pyridine rings is 1. The maximum atomic E-state index is 12.4. The number of aromatic nitrogens is 1. The lowest BCUT2D eigenvalue weighted by Crippen LogP contribution is -1.96. The summed E-state index contributed by atoms with van der Waals surface area (Å²) in [5, 5.41) is 0.979. The molecule has 0 saturated carbocycles. The van der Waals surface area contributed by atoms with Gasteiger partial charge in [-0.15, -0.1) is 0 Å². The van der Waals surface area contributed by atoms with E-state index in [1.165, 1.54) is 5.56 Å². The number of para-hydroxylation sites is 1. The molecule has 102 valence electrons. The summed E-state index contributed by atoms with van der Waals surface area (Å²) in [6.45, 7) is 2.04. The third kappa shape index (κ3) is 2.90. The van der Waals surface area contributed by atoms with Crippen LogP contribution in [0.5, 0.6) is 0 Å². The first-order valence-electron chi connectivity index (χ1n) is 6.87. The van der Waals surface area contributed by atoms with Crippen molar-refractivity contribution in [3.05, 3.63) is 83.6 Å². The zero-order valence-electron chi connectivity index (χ0n) is 11.8. The molecule has 1 aromatic heterocycles. The summed E-state index contributed by atoms with van der Waals surface area (Å²) in [4.78, 5) is 16.7. The van der Waals surface area contributed by atoms with Gasteiger partial charge in [0.15, 0.2) is 5.78 Å². The van der Waals surface area contributed by atoms with E-state index in [4.69, 9.17) is 0 Å². The number of aryl methyl sites for hydroxylation is 1. The molecule has 1 heterocycles. The fourth-order valence-corrected chi connectivity index (χ4v) is 2.24. The number of nitrogens with zero attached hydrogens (tertiary/aromatic N) is 1. The van der Waals surface area contributed by atoms with Gasteiger partial charge in [-0.1, -0.05) is 54.1 Å². The van der Waals surface area contributed by atoms with Crippen molar-refractivity contribution in [1.82, 2.24) is 4.98 Å². The van der Waals surface area contributed by atoms with Crippen LogP contribution >= 0.6 is 0 Å². The van der Waals surface area contributed by atoms with Gasteiger partial charge in [-0.25, -0.2) is 0 Å². The van der Waals surface area contributed by atoms with Crippen molar-refractivity contribution in [3.63, 3.8) is 0 Å². The average Bonchev–Trinajstić information content (AvgIpc) is 2.53. The van der Waals surface area contributed by atoms with Crippen LogP contribution in [0.15, 0.2) is 66.9 Å². The molecule has 0 spiro atoms. The molecular weight excluding hydrogens is 258 g/mol. The summed E-state index contributed by atoms with van der Waals surface area (Å²) >= 11 is 0. The molecule has 3 rings (SSSR count). The molecule has 0 aliphatic heterocycles. The number of carbonyl (C=O) groups excluding carboxylic acids is 1. The first-order chi connectivity index (χ1) is 10.2. The van der Waals surface area contributed by atoms with Crippen LogP contribution in [-0.2, 0) is 0 Å². The van der Waals surface area contributed by atoms with Crippen molar-refractivity contribution in [2.24, 2.45) is 0 Å². The van der Waals surface area contributed by atoms with E-state index in [1.54, 1.807) is 12.3 Å². The van der Waals surface area contributed by atoms with Crippen LogP contribution < -0.4 is 0 Å². The Bertz CT molecular complexity index is 811. The largest absolute Gasteiger partial charge is 0.289 e. The van der Waals surface area contributed by atoms with E-state index in [9.17, 15) is 4.79 Å². The van der Waals surface area contributed by atoms with Crippen molar-refractivity contribution in [3.8, 4) is 0 Å². The van der Waals surface area contributed by atoms with E-state index in [2.05, 4.69) is 4.98 Å². The number of fused-ring (bicyclic) bond motifs is 1. The van der Waals surface area contributed by atoms with Crippen LogP contribution in [0, 0.1) is 6.92 Å². The minimum absolute atomic E-state index is 0.0279. The van der Waals surface area contributed by atoms with E-state index >= 15 is 0 Å². The van der Waals surface area contributed by atoms with Crippen molar-refractivity contribution in [2.75, 3.05) is 0 Å². The second-order valence-corrected chi connectivity index (χ2v) is 4.99. The fraction of sp³-hybridized carbons (Fsp3) is 0.0526. The van der Waals surface area contributed by atoms with E-state index < -0.39 is 0 Å². The van der Waals surface area contributed by atoms with Gasteiger partial charge in [0, 0.05) is 17.1 Å². The molecule has 0 saturated heterocycles. The molecule has 2 aromatic carbocycles. The predicted molar refractivity (Wildman–Crippen MR) is 86.3 cm³/mol. The summed E-state index contributed by atoms with van der Waals surface area (Å²) in [7, 11) is 0. The Morgan fingerprint density at radius 2 is 1.76 bits per heavy atom. The van der Waals surface area contributed by atoms with Gasteiger partial charge in [0.05, 0.1) is 5.52 Å². The Morgan fingerprint density at radius 1 is 1.00 bits per heavy atom. The monoisotopic (exact) mass is 273 g/mol. The summed E-state index contributed by atoms with van der Waals surface area (Å²) in [6, 6.07) is 17.6. The van der Waals surface area contributed by atoms with Crippen molar-refractivity contribution in [2.45, 2.75) is 6.92 Å². The Morgan fingerprint density at radius 3 is 2.57 bits per heavy atom. The highest BCUT2D eigenvalue weighted by molar-refractivity contribution is 6.13. The highest BCUT2D eigenvalue weighted by atomic mass is 16.1. The Balaban J connectivity index is 1.92. The molecule has 0 atom stereocenters. The second-order valence-electron chi connectivity index (χ2n) is 4.99. The zero-order chi connectivity index (χ0) is 14.7. The highest BCUT2D eigenvalue weighted by Crippen LogP contribution is 2.17. The first-order valence-corrected chi connectivity index (χ1v) is 6.87. The van der Waals surface area contributed by atoms with Crippen molar-refractivity contribution >= 4 is 22.8 Å². The van der Waals surface area contributed by atoms with Gasteiger partial charge in [0.2, 0.25) is 0 Å². The van der Waals surface area contributed by atoms with E-state index in [1.807, 2.05) is 67.6 Å². The van der Waals surface area contributed by atoms with Gasteiger partial charge in [0.1, 0.15) is 0 Å². The number of allylic oxidation sites excluding steroid dienone is 1. The van der Waals surface area contributed by atoms with Crippen LogP contribution in [0.2, 0.25) is 0 Å². The molecule has 3 aromatic rings. The van der Waals surface area contributed by atoms with Crippen LogP contribution in [0.3, 0.4) is 0 Å². The molecule has 0 fully saturated rings. The average molecular weight is 273 g/mol.